The zero-order valence-electron chi connectivity index (χ0n) is 10.5. The maximum Gasteiger partial charge on any atom is 0.242 e. The highest BCUT2D eigenvalue weighted by Gasteiger charge is 2.23. The summed E-state index contributed by atoms with van der Waals surface area (Å²) in [6.07, 6.45) is 2.74. The fourth-order valence-corrected chi connectivity index (χ4v) is 5.66. The van der Waals surface area contributed by atoms with Crippen LogP contribution in [0.15, 0.2) is 26.0 Å². The molecule has 1 unspecified atom stereocenters. The van der Waals surface area contributed by atoms with Gasteiger partial charge in [0.05, 0.1) is 6.10 Å². The number of sulfonamides is 1. The van der Waals surface area contributed by atoms with Crippen LogP contribution in [0, 0.1) is 5.82 Å². The molecule has 1 N–H and O–H groups in total. The van der Waals surface area contributed by atoms with Crippen LogP contribution in [0.3, 0.4) is 0 Å². The van der Waals surface area contributed by atoms with Crippen molar-refractivity contribution in [3.63, 3.8) is 0 Å². The Morgan fingerprint density at radius 1 is 1.35 bits per heavy atom. The van der Waals surface area contributed by atoms with Gasteiger partial charge >= 0.3 is 0 Å². The van der Waals surface area contributed by atoms with Gasteiger partial charge in [0.15, 0.2) is 0 Å². The Balaban J connectivity index is 2.06. The zero-order chi connectivity index (χ0) is 14.8. The molecule has 2 rings (SSSR count). The molecule has 1 aliphatic heterocycles. The molecule has 0 saturated carbocycles. The molecule has 0 radical (unpaired) electrons. The van der Waals surface area contributed by atoms with Crippen molar-refractivity contribution in [3.8, 4) is 0 Å². The van der Waals surface area contributed by atoms with Gasteiger partial charge in [0.1, 0.15) is 10.7 Å². The van der Waals surface area contributed by atoms with Crippen molar-refractivity contribution in [2.24, 2.45) is 0 Å². The summed E-state index contributed by atoms with van der Waals surface area (Å²) in [4.78, 5) is 0.00578. The predicted molar refractivity (Wildman–Crippen MR) is 80.6 cm³/mol. The Labute approximate surface area is 134 Å². The molecule has 1 aromatic rings. The van der Waals surface area contributed by atoms with E-state index in [-0.39, 0.29) is 19.9 Å². The molecule has 1 fully saturated rings. The maximum atomic E-state index is 13.2. The van der Waals surface area contributed by atoms with Gasteiger partial charge in [-0.1, -0.05) is 0 Å². The van der Waals surface area contributed by atoms with E-state index in [4.69, 9.17) is 4.74 Å². The van der Waals surface area contributed by atoms with Gasteiger partial charge in [-0.3, -0.25) is 0 Å². The molecule has 1 heterocycles. The number of nitrogens with one attached hydrogen (secondary N) is 1. The summed E-state index contributed by atoms with van der Waals surface area (Å²) in [5.74, 6) is -0.512. The molecule has 0 aromatic heterocycles. The van der Waals surface area contributed by atoms with Gasteiger partial charge in [-0.05, 0) is 63.3 Å². The molecule has 0 aliphatic carbocycles. The third kappa shape index (κ3) is 4.00. The molecule has 0 amide bonds. The lowest BCUT2D eigenvalue weighted by molar-refractivity contribution is 0.105. The Morgan fingerprint density at radius 3 is 2.55 bits per heavy atom. The second-order valence-electron chi connectivity index (χ2n) is 4.52. The predicted octanol–water partition coefficient (Wildman–Crippen LogP) is 3.20. The highest BCUT2D eigenvalue weighted by Crippen LogP contribution is 2.30. The van der Waals surface area contributed by atoms with Crippen LogP contribution < -0.4 is 4.72 Å². The third-order valence-corrected chi connectivity index (χ3v) is 6.35. The fourth-order valence-electron chi connectivity index (χ4n) is 2.08. The summed E-state index contributed by atoms with van der Waals surface area (Å²) >= 11 is 6.16. The number of halogens is 3. The lowest BCUT2D eigenvalue weighted by atomic mass is 10.2. The van der Waals surface area contributed by atoms with Crippen molar-refractivity contribution in [1.82, 2.24) is 4.72 Å². The van der Waals surface area contributed by atoms with Crippen LogP contribution in [-0.4, -0.2) is 27.7 Å². The maximum absolute atomic E-state index is 13.2. The van der Waals surface area contributed by atoms with Gasteiger partial charge in [0, 0.05) is 22.1 Å². The molecular formula is C12H14Br2FNO3S. The third-order valence-electron chi connectivity index (χ3n) is 3.01. The molecule has 112 valence electrons. The Bertz CT molecular complexity index is 565. The minimum atomic E-state index is -3.70. The largest absolute Gasteiger partial charge is 0.378 e. The second kappa shape index (κ2) is 6.83. The first kappa shape index (κ1) is 16.4. The first-order chi connectivity index (χ1) is 9.40. The lowest BCUT2D eigenvalue weighted by Gasteiger charge is -2.12. The average Bonchev–Trinajstić information content (AvgIpc) is 2.79. The second-order valence-corrected chi connectivity index (χ2v) is 7.93. The van der Waals surface area contributed by atoms with Crippen LogP contribution >= 0.6 is 31.9 Å². The van der Waals surface area contributed by atoms with Crippen LogP contribution in [0.1, 0.15) is 19.3 Å². The van der Waals surface area contributed by atoms with Crippen LogP contribution in [0.5, 0.6) is 0 Å². The van der Waals surface area contributed by atoms with Crippen molar-refractivity contribution < 1.29 is 17.5 Å². The van der Waals surface area contributed by atoms with Crippen LogP contribution in [0.4, 0.5) is 4.39 Å². The Hall–Kier alpha value is -0.0200. The van der Waals surface area contributed by atoms with Crippen molar-refractivity contribution in [1.29, 1.82) is 0 Å². The smallest absolute Gasteiger partial charge is 0.242 e. The van der Waals surface area contributed by atoms with E-state index in [1.807, 2.05) is 0 Å². The highest BCUT2D eigenvalue weighted by atomic mass is 79.9. The molecular weight excluding hydrogens is 417 g/mol. The molecule has 1 aromatic carbocycles. The molecule has 1 aliphatic rings. The van der Waals surface area contributed by atoms with Gasteiger partial charge in [0.2, 0.25) is 10.0 Å². The van der Waals surface area contributed by atoms with Crippen LogP contribution in [-0.2, 0) is 14.8 Å². The van der Waals surface area contributed by atoms with E-state index in [0.29, 0.717) is 13.0 Å². The first-order valence-electron chi connectivity index (χ1n) is 6.16. The summed E-state index contributed by atoms with van der Waals surface area (Å²) in [6.45, 7) is 1.04. The SMILES string of the molecule is O=S(=O)(NCCC1CCCO1)c1c(Br)cc(F)cc1Br. The number of benzene rings is 1. The number of hydrogen-bond acceptors (Lipinski definition) is 3. The minimum absolute atomic E-state index is 0.00578. The van der Waals surface area contributed by atoms with E-state index in [0.717, 1.165) is 31.6 Å². The van der Waals surface area contributed by atoms with Crippen LogP contribution in [0.2, 0.25) is 0 Å². The van der Waals surface area contributed by atoms with E-state index in [1.165, 1.54) is 0 Å². The normalized spacial score (nSPS) is 19.4. The Morgan fingerprint density at radius 2 is 2.00 bits per heavy atom. The topological polar surface area (TPSA) is 55.4 Å². The summed E-state index contributed by atoms with van der Waals surface area (Å²) in [6, 6.07) is 2.25. The van der Waals surface area contributed by atoms with E-state index in [1.54, 1.807) is 0 Å². The number of rotatable bonds is 5. The standard InChI is InChI=1S/C12H14Br2FNO3S/c13-10-6-8(15)7-11(14)12(10)20(17,18)16-4-3-9-2-1-5-19-9/h6-7,9,16H,1-5H2. The van der Waals surface area contributed by atoms with E-state index < -0.39 is 15.8 Å². The molecule has 1 saturated heterocycles. The van der Waals surface area contributed by atoms with Gasteiger partial charge in [0.25, 0.3) is 0 Å². The zero-order valence-corrected chi connectivity index (χ0v) is 14.5. The molecule has 8 heteroatoms. The summed E-state index contributed by atoms with van der Waals surface area (Å²) in [5, 5.41) is 0. The average molecular weight is 431 g/mol. The van der Waals surface area contributed by atoms with Gasteiger partial charge < -0.3 is 4.74 Å². The Kier molecular flexibility index (Phi) is 5.58. The van der Waals surface area contributed by atoms with E-state index in [9.17, 15) is 12.8 Å². The van der Waals surface area contributed by atoms with Gasteiger partial charge in [-0.25, -0.2) is 17.5 Å². The molecule has 0 bridgehead atoms. The van der Waals surface area contributed by atoms with Gasteiger partial charge in [-0.15, -0.1) is 0 Å². The van der Waals surface area contributed by atoms with E-state index in [2.05, 4.69) is 36.6 Å². The molecule has 0 spiro atoms. The van der Waals surface area contributed by atoms with Gasteiger partial charge in [-0.2, -0.15) is 0 Å². The molecule has 1 atom stereocenters. The highest BCUT2D eigenvalue weighted by molar-refractivity contribution is 9.11. The van der Waals surface area contributed by atoms with Crippen LogP contribution in [0.25, 0.3) is 0 Å². The number of ether oxygens (including phenoxy) is 1. The van der Waals surface area contributed by atoms with Crippen molar-refractivity contribution in [2.45, 2.75) is 30.3 Å². The quantitative estimate of drug-likeness (QED) is 0.780. The summed E-state index contributed by atoms with van der Waals surface area (Å²) in [7, 11) is -3.70. The molecule has 4 nitrogen and oxygen atoms in total. The first-order valence-corrected chi connectivity index (χ1v) is 9.23. The van der Waals surface area contributed by atoms with Crippen molar-refractivity contribution >= 4 is 41.9 Å². The lowest BCUT2D eigenvalue weighted by Crippen LogP contribution is -2.27. The number of hydrogen-bond donors (Lipinski definition) is 1. The monoisotopic (exact) mass is 429 g/mol. The summed E-state index contributed by atoms with van der Waals surface area (Å²) < 4.78 is 45.9. The van der Waals surface area contributed by atoms with E-state index >= 15 is 0 Å². The van der Waals surface area contributed by atoms with Crippen molar-refractivity contribution in [3.05, 3.63) is 26.9 Å². The van der Waals surface area contributed by atoms with Crippen molar-refractivity contribution in [2.75, 3.05) is 13.2 Å². The summed E-state index contributed by atoms with van der Waals surface area (Å²) in [5.41, 5.74) is 0. The minimum Gasteiger partial charge on any atom is -0.378 e. The molecule has 20 heavy (non-hydrogen) atoms. The fraction of sp³-hybridized carbons (Fsp3) is 0.500.